The van der Waals surface area contributed by atoms with Crippen LogP contribution in [0.2, 0.25) is 0 Å². The SMILES string of the molecule is CC1=CC[C]([Zr][C]2=CC(C)=CC2)=C1.Cl[Si](Cl)(c1ccccc1)c1ccccc1. The minimum atomic E-state index is -2.51. The number of benzene rings is 2. The molecule has 2 aliphatic rings. The average Bonchev–Trinajstić information content (AvgIpc) is 3.31. The van der Waals surface area contributed by atoms with Gasteiger partial charge < -0.3 is 0 Å². The number of halogens is 2. The molecule has 4 heteroatoms. The van der Waals surface area contributed by atoms with E-state index in [2.05, 4.69) is 38.2 Å². The van der Waals surface area contributed by atoms with Gasteiger partial charge in [0.15, 0.2) is 0 Å². The Morgan fingerprint density at radius 2 is 1.07 bits per heavy atom. The molecule has 28 heavy (non-hydrogen) atoms. The summed E-state index contributed by atoms with van der Waals surface area (Å²) in [6.07, 6.45) is 12.0. The number of hydrogen-bond acceptors (Lipinski definition) is 0. The van der Waals surface area contributed by atoms with E-state index in [0.29, 0.717) is 0 Å². The normalized spacial score (nSPS) is 15.7. The quantitative estimate of drug-likeness (QED) is 0.342. The second-order valence-corrected chi connectivity index (χ2v) is 17.1. The smallest absolute Gasteiger partial charge is 0.134 e. The molecule has 0 saturated carbocycles. The average molecular weight is 503 g/mol. The molecule has 0 spiro atoms. The maximum Gasteiger partial charge on any atom is 0.310 e. The van der Waals surface area contributed by atoms with Crippen molar-refractivity contribution in [1.82, 2.24) is 0 Å². The largest absolute Gasteiger partial charge is 0.310 e. The van der Waals surface area contributed by atoms with Gasteiger partial charge >= 0.3 is 98.6 Å². The zero-order valence-electron chi connectivity index (χ0n) is 16.3. The predicted octanol–water partition coefficient (Wildman–Crippen LogP) is 6.26. The fourth-order valence-electron chi connectivity index (χ4n) is 3.17. The van der Waals surface area contributed by atoms with Crippen LogP contribution in [-0.2, 0) is 23.2 Å². The topological polar surface area (TPSA) is 0 Å². The molecule has 142 valence electrons. The van der Waals surface area contributed by atoms with Crippen molar-refractivity contribution in [2.75, 3.05) is 0 Å². The van der Waals surface area contributed by atoms with Crippen molar-refractivity contribution in [3.63, 3.8) is 0 Å². The molecular weight excluding hydrogens is 478 g/mol. The fraction of sp³-hybridized carbons (Fsp3) is 0.167. The van der Waals surface area contributed by atoms with Gasteiger partial charge in [0.1, 0.15) is 0 Å². The van der Waals surface area contributed by atoms with Gasteiger partial charge in [-0.15, -0.1) is 22.2 Å². The Labute approximate surface area is 190 Å². The molecule has 2 aromatic rings. The van der Waals surface area contributed by atoms with Crippen molar-refractivity contribution in [2.24, 2.45) is 0 Å². The summed E-state index contributed by atoms with van der Waals surface area (Å²) >= 11 is 12.6. The van der Waals surface area contributed by atoms with Gasteiger partial charge in [-0.2, -0.15) is 0 Å². The predicted molar refractivity (Wildman–Crippen MR) is 123 cm³/mol. The van der Waals surface area contributed by atoms with Crippen molar-refractivity contribution in [1.29, 1.82) is 0 Å². The first-order valence-corrected chi connectivity index (χ1v) is 15.9. The van der Waals surface area contributed by atoms with Crippen LogP contribution >= 0.6 is 22.2 Å². The third-order valence-electron chi connectivity index (χ3n) is 4.69. The van der Waals surface area contributed by atoms with E-state index in [4.69, 9.17) is 22.2 Å². The van der Waals surface area contributed by atoms with Crippen molar-refractivity contribution < 1.29 is 23.2 Å². The number of allylic oxidation sites excluding steroid dienone is 8. The number of rotatable bonds is 4. The Bertz CT molecular complexity index is 850. The Hall–Kier alpha value is -0.920. The third-order valence-corrected chi connectivity index (χ3v) is 12.7. The molecule has 0 aromatic heterocycles. The summed E-state index contributed by atoms with van der Waals surface area (Å²) in [7, 11) is 0. The maximum atomic E-state index is 6.49. The second-order valence-electron chi connectivity index (χ2n) is 7.08. The summed E-state index contributed by atoms with van der Waals surface area (Å²) in [4.78, 5) is 0. The van der Waals surface area contributed by atoms with Gasteiger partial charge in [0.2, 0.25) is 0 Å². The first-order valence-electron chi connectivity index (χ1n) is 9.45. The number of hydrogen-bond donors (Lipinski definition) is 0. The molecule has 0 heterocycles. The van der Waals surface area contributed by atoms with Gasteiger partial charge in [0.25, 0.3) is 0 Å². The molecule has 0 unspecified atom stereocenters. The summed E-state index contributed by atoms with van der Waals surface area (Å²) < 4.78 is 3.49. The third kappa shape index (κ3) is 6.04. The standard InChI is InChI=1S/C12H10Cl2Si.2C6H7.Zr/c13-15(14,11-7-3-1-4-8-11)12-9-5-2-6-10-12;2*1-6-4-2-3-5-6;/h1-10H;2*4-5H,2H2,1H3;. The summed E-state index contributed by atoms with van der Waals surface area (Å²) in [6.45, 7) is 1.90. The van der Waals surface area contributed by atoms with Crippen LogP contribution in [0.5, 0.6) is 0 Å². The first-order chi connectivity index (χ1) is 13.4. The molecule has 0 atom stereocenters. The van der Waals surface area contributed by atoms with Crippen LogP contribution in [0.3, 0.4) is 0 Å². The van der Waals surface area contributed by atoms with E-state index in [0.717, 1.165) is 10.4 Å². The van der Waals surface area contributed by atoms with Gasteiger partial charge in [-0.25, -0.2) is 0 Å². The van der Waals surface area contributed by atoms with E-state index in [-0.39, 0.29) is 23.2 Å². The summed E-state index contributed by atoms with van der Waals surface area (Å²) in [5.74, 6) is 0. The van der Waals surface area contributed by atoms with Crippen LogP contribution in [0.4, 0.5) is 0 Å². The van der Waals surface area contributed by atoms with Crippen LogP contribution in [0.1, 0.15) is 26.7 Å². The molecule has 4 rings (SSSR count). The summed E-state index contributed by atoms with van der Waals surface area (Å²) in [5.41, 5.74) is 2.94. The molecular formula is C24H24Cl2SiZr. The van der Waals surface area contributed by atoms with E-state index in [1.165, 1.54) is 24.0 Å². The minimum absolute atomic E-state index is 0.364. The Morgan fingerprint density at radius 1 is 0.679 bits per heavy atom. The molecule has 2 aliphatic carbocycles. The van der Waals surface area contributed by atoms with Crippen LogP contribution in [0, 0.1) is 0 Å². The van der Waals surface area contributed by atoms with Crippen molar-refractivity contribution in [3.05, 3.63) is 103 Å². The molecule has 0 N–H and O–H groups in total. The molecule has 0 fully saturated rings. The molecule has 0 radical (unpaired) electrons. The second kappa shape index (κ2) is 10.2. The first kappa shape index (κ1) is 21.8. The van der Waals surface area contributed by atoms with Crippen molar-refractivity contribution in [2.45, 2.75) is 26.7 Å². The Kier molecular flexibility index (Phi) is 7.94. The van der Waals surface area contributed by atoms with Gasteiger partial charge in [-0.1, -0.05) is 60.7 Å². The molecule has 2 aromatic carbocycles. The van der Waals surface area contributed by atoms with Gasteiger partial charge in [0, 0.05) is 0 Å². The van der Waals surface area contributed by atoms with E-state index in [1.54, 1.807) is 6.56 Å². The molecule has 0 aliphatic heterocycles. The minimum Gasteiger partial charge on any atom is -0.134 e. The summed E-state index contributed by atoms with van der Waals surface area (Å²) in [5, 5.41) is 2.05. The van der Waals surface area contributed by atoms with Crippen LogP contribution in [-0.4, -0.2) is 6.69 Å². The zero-order chi connectivity index (χ0) is 20.0. The molecule has 0 amide bonds. The zero-order valence-corrected chi connectivity index (χ0v) is 21.2. The van der Waals surface area contributed by atoms with Crippen LogP contribution < -0.4 is 10.4 Å². The monoisotopic (exact) mass is 500 g/mol. The van der Waals surface area contributed by atoms with E-state index in [9.17, 15) is 0 Å². The van der Waals surface area contributed by atoms with E-state index < -0.39 is 6.69 Å². The van der Waals surface area contributed by atoms with Gasteiger partial charge in [-0.05, 0) is 10.4 Å². The molecule has 0 saturated heterocycles. The van der Waals surface area contributed by atoms with Crippen molar-refractivity contribution in [3.8, 4) is 0 Å². The Morgan fingerprint density at radius 3 is 1.39 bits per heavy atom. The Balaban J connectivity index is 0.000000162. The summed E-state index contributed by atoms with van der Waals surface area (Å²) in [6, 6.07) is 19.7. The van der Waals surface area contributed by atoms with Crippen molar-refractivity contribution >= 4 is 39.2 Å². The fourth-order valence-corrected chi connectivity index (χ4v) is 9.73. The van der Waals surface area contributed by atoms with Gasteiger partial charge in [-0.3, -0.25) is 0 Å². The van der Waals surface area contributed by atoms with E-state index in [1.807, 2.05) is 60.7 Å². The molecule has 0 bridgehead atoms. The molecule has 0 nitrogen and oxygen atoms in total. The van der Waals surface area contributed by atoms with Gasteiger partial charge in [0.05, 0.1) is 0 Å². The van der Waals surface area contributed by atoms with Crippen LogP contribution in [0.25, 0.3) is 0 Å². The van der Waals surface area contributed by atoms with Crippen LogP contribution in [0.15, 0.2) is 103 Å². The van der Waals surface area contributed by atoms with E-state index >= 15 is 0 Å². The maximum absolute atomic E-state index is 6.49.